The van der Waals surface area contributed by atoms with Crippen molar-refractivity contribution in [2.24, 2.45) is 0 Å². The van der Waals surface area contributed by atoms with Gasteiger partial charge in [0.25, 0.3) is 0 Å². The SMILES string of the molecule is COc1cccc(C(Cn2cccc2C(=O)O)N(C)C)c1. The molecule has 1 unspecified atom stereocenters. The first-order valence-corrected chi connectivity index (χ1v) is 6.71. The molecule has 0 amide bonds. The fraction of sp³-hybridized carbons (Fsp3) is 0.312. The summed E-state index contributed by atoms with van der Waals surface area (Å²) in [5.41, 5.74) is 1.38. The van der Waals surface area contributed by atoms with Gasteiger partial charge in [0.05, 0.1) is 13.2 Å². The monoisotopic (exact) mass is 288 g/mol. The van der Waals surface area contributed by atoms with Gasteiger partial charge in [0.2, 0.25) is 0 Å². The van der Waals surface area contributed by atoms with E-state index in [0.29, 0.717) is 12.2 Å². The van der Waals surface area contributed by atoms with Gasteiger partial charge in [0.1, 0.15) is 11.4 Å². The van der Waals surface area contributed by atoms with E-state index in [-0.39, 0.29) is 6.04 Å². The Hall–Kier alpha value is -2.27. The van der Waals surface area contributed by atoms with Gasteiger partial charge < -0.3 is 19.3 Å². The molecule has 2 rings (SSSR count). The molecular weight excluding hydrogens is 268 g/mol. The minimum absolute atomic E-state index is 0.0607. The molecule has 1 N–H and O–H groups in total. The van der Waals surface area contributed by atoms with Gasteiger partial charge in [-0.3, -0.25) is 0 Å². The van der Waals surface area contributed by atoms with Crippen LogP contribution < -0.4 is 4.74 Å². The standard InChI is InChI=1S/C16H20N2O3/c1-17(2)15(12-6-4-7-13(10-12)21-3)11-18-9-5-8-14(18)16(19)20/h4-10,15H,11H2,1-3H3,(H,19,20). The summed E-state index contributed by atoms with van der Waals surface area (Å²) in [4.78, 5) is 13.3. The van der Waals surface area contributed by atoms with E-state index < -0.39 is 5.97 Å². The molecule has 1 heterocycles. The van der Waals surface area contributed by atoms with Crippen LogP contribution in [0.3, 0.4) is 0 Å². The number of carbonyl (C=O) groups is 1. The van der Waals surface area contributed by atoms with Gasteiger partial charge in [-0.2, -0.15) is 0 Å². The second-order valence-electron chi connectivity index (χ2n) is 5.11. The molecule has 0 aliphatic rings. The number of benzene rings is 1. The fourth-order valence-corrected chi connectivity index (χ4v) is 2.37. The van der Waals surface area contributed by atoms with Crippen LogP contribution in [-0.2, 0) is 6.54 Å². The van der Waals surface area contributed by atoms with E-state index in [0.717, 1.165) is 11.3 Å². The minimum atomic E-state index is -0.914. The summed E-state index contributed by atoms with van der Waals surface area (Å²) < 4.78 is 7.02. The molecule has 0 aliphatic carbocycles. The average molecular weight is 288 g/mol. The number of carboxylic acids is 1. The molecule has 0 spiro atoms. The molecular formula is C16H20N2O3. The van der Waals surface area contributed by atoms with Crippen LogP contribution in [0.5, 0.6) is 5.75 Å². The topological polar surface area (TPSA) is 54.7 Å². The summed E-state index contributed by atoms with van der Waals surface area (Å²) in [6.07, 6.45) is 1.79. The number of aromatic carboxylic acids is 1. The van der Waals surface area contributed by atoms with E-state index in [4.69, 9.17) is 4.74 Å². The molecule has 112 valence electrons. The summed E-state index contributed by atoms with van der Waals surface area (Å²) in [6.45, 7) is 0.564. The Labute approximate surface area is 124 Å². The molecule has 0 saturated heterocycles. The Morgan fingerprint density at radius 2 is 2.10 bits per heavy atom. The van der Waals surface area contributed by atoms with Gasteiger partial charge in [-0.05, 0) is 43.9 Å². The van der Waals surface area contributed by atoms with E-state index in [1.165, 1.54) is 0 Å². The molecule has 1 aromatic carbocycles. The Morgan fingerprint density at radius 1 is 1.33 bits per heavy atom. The summed E-state index contributed by atoms with van der Waals surface area (Å²) >= 11 is 0. The van der Waals surface area contributed by atoms with Gasteiger partial charge in [-0.15, -0.1) is 0 Å². The Balaban J connectivity index is 2.31. The summed E-state index contributed by atoms with van der Waals surface area (Å²) in [5.74, 6) is -0.117. The first-order valence-electron chi connectivity index (χ1n) is 6.71. The maximum atomic E-state index is 11.2. The van der Waals surface area contributed by atoms with E-state index in [2.05, 4.69) is 4.90 Å². The van der Waals surface area contributed by atoms with Crippen LogP contribution >= 0.6 is 0 Å². The Kier molecular flexibility index (Phi) is 4.65. The van der Waals surface area contributed by atoms with Crippen molar-refractivity contribution in [3.05, 3.63) is 53.9 Å². The van der Waals surface area contributed by atoms with Crippen molar-refractivity contribution in [3.63, 3.8) is 0 Å². The van der Waals surface area contributed by atoms with Crippen LogP contribution in [-0.4, -0.2) is 41.7 Å². The molecule has 5 heteroatoms. The molecule has 0 bridgehead atoms. The first kappa shape index (κ1) is 15.1. The van der Waals surface area contributed by atoms with Crippen molar-refractivity contribution in [1.82, 2.24) is 9.47 Å². The van der Waals surface area contributed by atoms with Gasteiger partial charge in [0.15, 0.2) is 0 Å². The molecule has 0 aliphatic heterocycles. The van der Waals surface area contributed by atoms with E-state index in [9.17, 15) is 9.90 Å². The molecule has 0 radical (unpaired) electrons. The summed E-state index contributed by atoms with van der Waals surface area (Å²) in [7, 11) is 5.60. The van der Waals surface area contributed by atoms with Crippen molar-refractivity contribution in [2.45, 2.75) is 12.6 Å². The van der Waals surface area contributed by atoms with Gasteiger partial charge in [-0.1, -0.05) is 12.1 Å². The number of nitrogens with zero attached hydrogens (tertiary/aromatic N) is 2. The van der Waals surface area contributed by atoms with Crippen molar-refractivity contribution in [3.8, 4) is 5.75 Å². The number of aromatic nitrogens is 1. The molecule has 5 nitrogen and oxygen atoms in total. The smallest absolute Gasteiger partial charge is 0.352 e. The number of ether oxygens (including phenoxy) is 1. The van der Waals surface area contributed by atoms with Crippen LogP contribution in [0.25, 0.3) is 0 Å². The molecule has 0 saturated carbocycles. The van der Waals surface area contributed by atoms with Crippen molar-refractivity contribution in [2.75, 3.05) is 21.2 Å². The van der Waals surface area contributed by atoms with E-state index in [1.54, 1.807) is 30.0 Å². The lowest BCUT2D eigenvalue weighted by molar-refractivity contribution is 0.0683. The van der Waals surface area contributed by atoms with Crippen LogP contribution in [0, 0.1) is 0 Å². The third-order valence-corrected chi connectivity index (χ3v) is 3.52. The molecule has 2 aromatic rings. The average Bonchev–Trinajstić information content (AvgIpc) is 2.93. The second kappa shape index (κ2) is 6.45. The maximum absolute atomic E-state index is 11.2. The molecule has 1 aromatic heterocycles. The lowest BCUT2D eigenvalue weighted by Crippen LogP contribution is -2.25. The Morgan fingerprint density at radius 3 is 2.71 bits per heavy atom. The summed E-state index contributed by atoms with van der Waals surface area (Å²) in [5, 5.41) is 9.20. The highest BCUT2D eigenvalue weighted by atomic mass is 16.5. The normalized spacial score (nSPS) is 12.4. The maximum Gasteiger partial charge on any atom is 0.352 e. The number of hydrogen-bond donors (Lipinski definition) is 1. The Bertz CT molecular complexity index is 619. The van der Waals surface area contributed by atoms with Gasteiger partial charge >= 0.3 is 5.97 Å². The van der Waals surface area contributed by atoms with Crippen molar-refractivity contribution in [1.29, 1.82) is 0 Å². The zero-order valence-electron chi connectivity index (χ0n) is 12.5. The number of methoxy groups -OCH3 is 1. The van der Waals surface area contributed by atoms with E-state index in [1.807, 2.05) is 38.4 Å². The van der Waals surface area contributed by atoms with Crippen LogP contribution in [0.2, 0.25) is 0 Å². The van der Waals surface area contributed by atoms with Crippen LogP contribution in [0.1, 0.15) is 22.1 Å². The lowest BCUT2D eigenvalue weighted by Gasteiger charge is -2.26. The van der Waals surface area contributed by atoms with Crippen molar-refractivity contribution < 1.29 is 14.6 Å². The third-order valence-electron chi connectivity index (χ3n) is 3.52. The molecule has 1 atom stereocenters. The first-order chi connectivity index (χ1) is 10.0. The lowest BCUT2D eigenvalue weighted by atomic mass is 10.1. The predicted octanol–water partition coefficient (Wildman–Crippen LogP) is 2.50. The van der Waals surface area contributed by atoms with Crippen LogP contribution in [0.4, 0.5) is 0 Å². The number of hydrogen-bond acceptors (Lipinski definition) is 3. The predicted molar refractivity (Wildman–Crippen MR) is 80.8 cm³/mol. The van der Waals surface area contributed by atoms with Gasteiger partial charge in [0, 0.05) is 12.7 Å². The largest absolute Gasteiger partial charge is 0.497 e. The van der Waals surface area contributed by atoms with Gasteiger partial charge in [-0.25, -0.2) is 4.79 Å². The zero-order valence-corrected chi connectivity index (χ0v) is 12.5. The molecule has 0 fully saturated rings. The molecule has 21 heavy (non-hydrogen) atoms. The van der Waals surface area contributed by atoms with E-state index >= 15 is 0 Å². The highest BCUT2D eigenvalue weighted by Crippen LogP contribution is 2.24. The highest BCUT2D eigenvalue weighted by molar-refractivity contribution is 5.85. The van der Waals surface area contributed by atoms with Crippen molar-refractivity contribution >= 4 is 5.97 Å². The fourth-order valence-electron chi connectivity index (χ4n) is 2.37. The highest BCUT2D eigenvalue weighted by Gasteiger charge is 2.18. The number of rotatable bonds is 6. The minimum Gasteiger partial charge on any atom is -0.497 e. The third kappa shape index (κ3) is 3.44. The zero-order chi connectivity index (χ0) is 15.4. The van der Waals surface area contributed by atoms with Crippen LogP contribution in [0.15, 0.2) is 42.6 Å². The quantitative estimate of drug-likeness (QED) is 0.887. The summed E-state index contributed by atoms with van der Waals surface area (Å²) in [6, 6.07) is 11.3. The number of carboxylic acid groups (broad SMARTS) is 1. The second-order valence-corrected chi connectivity index (χ2v) is 5.11. The number of likely N-dealkylation sites (N-methyl/N-ethyl adjacent to an activating group) is 1.